The van der Waals surface area contributed by atoms with Gasteiger partial charge in [0.15, 0.2) is 11.5 Å². The monoisotopic (exact) mass is 240 g/mol. The van der Waals surface area contributed by atoms with Gasteiger partial charge in [0, 0.05) is 5.41 Å². The number of carboxylic acids is 1. The first-order valence-corrected chi connectivity index (χ1v) is 5.10. The fraction of sp³-hybridized carbons (Fsp3) is 0.417. The number of methoxy groups -OCH3 is 1. The highest BCUT2D eigenvalue weighted by atomic mass is 16.5. The first kappa shape index (κ1) is 13.2. The summed E-state index contributed by atoms with van der Waals surface area (Å²) in [7, 11) is 1.36. The van der Waals surface area contributed by atoms with E-state index in [0.29, 0.717) is 5.56 Å². The molecule has 0 unspecified atom stereocenters. The molecule has 0 aliphatic heterocycles. The molecule has 3 N–H and O–H groups in total. The van der Waals surface area contributed by atoms with Gasteiger partial charge in [0.05, 0.1) is 13.5 Å². The first-order valence-electron chi connectivity index (χ1n) is 5.10. The van der Waals surface area contributed by atoms with E-state index in [1.54, 1.807) is 13.8 Å². The topological polar surface area (TPSA) is 87.0 Å². The summed E-state index contributed by atoms with van der Waals surface area (Å²) in [6.07, 6.45) is -0.0830. The molecule has 0 bridgehead atoms. The second kappa shape index (κ2) is 4.53. The Kier molecular flexibility index (Phi) is 3.50. The molecule has 0 aromatic heterocycles. The first-order chi connectivity index (χ1) is 7.77. The maximum Gasteiger partial charge on any atom is 0.304 e. The average molecular weight is 240 g/mol. The van der Waals surface area contributed by atoms with Crippen LogP contribution in [0.2, 0.25) is 0 Å². The fourth-order valence-electron chi connectivity index (χ4n) is 1.62. The smallest absolute Gasteiger partial charge is 0.304 e. The van der Waals surface area contributed by atoms with Crippen LogP contribution < -0.4 is 4.74 Å². The Balaban J connectivity index is 3.22. The summed E-state index contributed by atoms with van der Waals surface area (Å²) in [6.45, 7) is 3.48. The highest BCUT2D eigenvalue weighted by Crippen LogP contribution is 2.40. The summed E-state index contributed by atoms with van der Waals surface area (Å²) in [5.41, 5.74) is -0.0725. The number of carbonyl (C=O) groups is 1. The van der Waals surface area contributed by atoms with Gasteiger partial charge in [-0.3, -0.25) is 4.79 Å². The van der Waals surface area contributed by atoms with E-state index in [1.165, 1.54) is 19.2 Å². The van der Waals surface area contributed by atoms with Gasteiger partial charge < -0.3 is 20.1 Å². The molecule has 0 heterocycles. The van der Waals surface area contributed by atoms with Crippen molar-refractivity contribution >= 4 is 5.97 Å². The van der Waals surface area contributed by atoms with E-state index < -0.39 is 11.4 Å². The van der Waals surface area contributed by atoms with Crippen LogP contribution in [0.15, 0.2) is 12.1 Å². The molecule has 1 rings (SSSR count). The zero-order valence-electron chi connectivity index (χ0n) is 10.0. The molecular weight excluding hydrogens is 224 g/mol. The lowest BCUT2D eigenvalue weighted by Gasteiger charge is -2.24. The van der Waals surface area contributed by atoms with E-state index in [1.807, 2.05) is 0 Å². The molecule has 0 amide bonds. The molecule has 0 aliphatic rings. The number of ether oxygens (including phenoxy) is 1. The number of carboxylic acid groups (broad SMARTS) is 1. The maximum absolute atomic E-state index is 10.8. The van der Waals surface area contributed by atoms with Gasteiger partial charge >= 0.3 is 5.97 Å². The van der Waals surface area contributed by atoms with Crippen LogP contribution in [0, 0.1) is 0 Å². The molecule has 1 aromatic carbocycles. The minimum absolute atomic E-state index is 0.0830. The lowest BCUT2D eigenvalue weighted by Crippen LogP contribution is -2.21. The molecule has 1 aromatic rings. The lowest BCUT2D eigenvalue weighted by atomic mass is 9.81. The largest absolute Gasteiger partial charge is 0.504 e. The molecule has 0 spiro atoms. The molecule has 0 saturated carbocycles. The van der Waals surface area contributed by atoms with Crippen LogP contribution in [-0.2, 0) is 10.2 Å². The molecular formula is C12H16O5. The van der Waals surface area contributed by atoms with Gasteiger partial charge in [-0.25, -0.2) is 0 Å². The van der Waals surface area contributed by atoms with Crippen LogP contribution >= 0.6 is 0 Å². The number of rotatable bonds is 4. The summed E-state index contributed by atoms with van der Waals surface area (Å²) in [6, 6.07) is 2.87. The van der Waals surface area contributed by atoms with Gasteiger partial charge in [-0.1, -0.05) is 13.8 Å². The minimum Gasteiger partial charge on any atom is -0.504 e. The number of phenolic OH excluding ortho intramolecular Hbond substituents is 2. The van der Waals surface area contributed by atoms with Crippen molar-refractivity contribution in [2.75, 3.05) is 7.11 Å². The normalized spacial score (nSPS) is 11.2. The van der Waals surface area contributed by atoms with E-state index in [9.17, 15) is 15.0 Å². The van der Waals surface area contributed by atoms with E-state index in [-0.39, 0.29) is 23.7 Å². The van der Waals surface area contributed by atoms with Crippen molar-refractivity contribution in [3.63, 3.8) is 0 Å². The van der Waals surface area contributed by atoms with Gasteiger partial charge in [-0.05, 0) is 17.7 Å². The highest BCUT2D eigenvalue weighted by molar-refractivity contribution is 5.69. The standard InChI is InChI=1S/C12H16O5/c1-12(2,6-10(14)15)7-4-8(13)11(16)9(5-7)17-3/h4-5,13,16H,6H2,1-3H3,(H,14,15). The third-order valence-corrected chi connectivity index (χ3v) is 2.65. The van der Waals surface area contributed by atoms with E-state index in [0.717, 1.165) is 0 Å². The Morgan fingerprint density at radius 1 is 1.35 bits per heavy atom. The van der Waals surface area contributed by atoms with Gasteiger partial charge in [-0.2, -0.15) is 0 Å². The van der Waals surface area contributed by atoms with Crippen LogP contribution in [0.1, 0.15) is 25.8 Å². The summed E-state index contributed by atoms with van der Waals surface area (Å²) in [5.74, 6) is -1.47. The van der Waals surface area contributed by atoms with Crippen molar-refractivity contribution in [1.29, 1.82) is 0 Å². The molecule has 0 fully saturated rings. The SMILES string of the molecule is COc1cc(C(C)(C)CC(=O)O)cc(O)c1O. The van der Waals surface area contributed by atoms with E-state index in [4.69, 9.17) is 9.84 Å². The Labute approximate surface area is 99.3 Å². The van der Waals surface area contributed by atoms with Crippen molar-refractivity contribution in [3.8, 4) is 17.2 Å². The van der Waals surface area contributed by atoms with Crippen molar-refractivity contribution in [3.05, 3.63) is 17.7 Å². The summed E-state index contributed by atoms with van der Waals surface area (Å²) >= 11 is 0. The molecule has 5 heteroatoms. The van der Waals surface area contributed by atoms with Crippen LogP contribution in [0.5, 0.6) is 17.2 Å². The van der Waals surface area contributed by atoms with Crippen molar-refractivity contribution in [2.45, 2.75) is 25.7 Å². The van der Waals surface area contributed by atoms with E-state index >= 15 is 0 Å². The number of benzene rings is 1. The Hall–Kier alpha value is -1.91. The minimum atomic E-state index is -0.929. The second-order valence-corrected chi connectivity index (χ2v) is 4.50. The summed E-state index contributed by atoms with van der Waals surface area (Å²) in [4.78, 5) is 10.8. The average Bonchev–Trinajstić information content (AvgIpc) is 2.19. The molecule has 94 valence electrons. The molecule has 5 nitrogen and oxygen atoms in total. The number of aromatic hydroxyl groups is 2. The fourth-order valence-corrected chi connectivity index (χ4v) is 1.62. The molecule has 0 radical (unpaired) electrons. The molecule has 0 saturated heterocycles. The Bertz CT molecular complexity index is 437. The predicted octanol–water partition coefficient (Wildman–Crippen LogP) is 1.86. The number of hydrogen-bond acceptors (Lipinski definition) is 4. The predicted molar refractivity (Wildman–Crippen MR) is 61.6 cm³/mol. The summed E-state index contributed by atoms with van der Waals surface area (Å²) in [5, 5.41) is 27.8. The van der Waals surface area contributed by atoms with Crippen LogP contribution in [0.25, 0.3) is 0 Å². The third-order valence-electron chi connectivity index (χ3n) is 2.65. The number of aliphatic carboxylic acids is 1. The Morgan fingerprint density at radius 3 is 2.41 bits per heavy atom. The van der Waals surface area contributed by atoms with Gasteiger partial charge in [0.25, 0.3) is 0 Å². The van der Waals surface area contributed by atoms with Gasteiger partial charge in [-0.15, -0.1) is 0 Å². The lowest BCUT2D eigenvalue weighted by molar-refractivity contribution is -0.138. The van der Waals surface area contributed by atoms with Crippen molar-refractivity contribution < 1.29 is 24.9 Å². The quantitative estimate of drug-likeness (QED) is 0.699. The zero-order valence-corrected chi connectivity index (χ0v) is 10.0. The molecule has 0 aliphatic carbocycles. The van der Waals surface area contributed by atoms with Crippen molar-refractivity contribution in [1.82, 2.24) is 0 Å². The van der Waals surface area contributed by atoms with Crippen LogP contribution in [0.4, 0.5) is 0 Å². The van der Waals surface area contributed by atoms with Crippen molar-refractivity contribution in [2.24, 2.45) is 0 Å². The third kappa shape index (κ3) is 2.81. The molecule has 17 heavy (non-hydrogen) atoms. The van der Waals surface area contributed by atoms with Crippen LogP contribution in [-0.4, -0.2) is 28.4 Å². The number of hydrogen-bond donors (Lipinski definition) is 3. The zero-order chi connectivity index (χ0) is 13.2. The Morgan fingerprint density at radius 2 is 1.94 bits per heavy atom. The van der Waals surface area contributed by atoms with Gasteiger partial charge in [0.1, 0.15) is 0 Å². The highest BCUT2D eigenvalue weighted by Gasteiger charge is 2.26. The second-order valence-electron chi connectivity index (χ2n) is 4.50. The van der Waals surface area contributed by atoms with Crippen LogP contribution in [0.3, 0.4) is 0 Å². The van der Waals surface area contributed by atoms with Gasteiger partial charge in [0.2, 0.25) is 5.75 Å². The number of phenols is 2. The van der Waals surface area contributed by atoms with E-state index in [2.05, 4.69) is 0 Å². The summed E-state index contributed by atoms with van der Waals surface area (Å²) < 4.78 is 4.91. The molecule has 0 atom stereocenters. The maximum atomic E-state index is 10.8.